The number of hydrogen-bond acceptors (Lipinski definition) is 6. The van der Waals surface area contributed by atoms with Crippen molar-refractivity contribution in [2.24, 2.45) is 0 Å². The lowest BCUT2D eigenvalue weighted by Crippen LogP contribution is -2.40. The van der Waals surface area contributed by atoms with Gasteiger partial charge in [0.25, 0.3) is 0 Å². The van der Waals surface area contributed by atoms with Crippen LogP contribution in [0.5, 0.6) is 11.5 Å². The van der Waals surface area contributed by atoms with E-state index >= 15 is 0 Å². The summed E-state index contributed by atoms with van der Waals surface area (Å²) in [6, 6.07) is 12.9. The number of aryl methyl sites for hydroxylation is 1. The first-order valence-corrected chi connectivity index (χ1v) is 13.3. The SMILES string of the molecule is O=C(CCc1ccc(S(=O)(=O)N2CCOCC2)cc1)N1CCC[C@@H]1c1ccc2c(c1)OCCO2. The minimum atomic E-state index is -3.51. The average molecular weight is 487 g/mol. The molecule has 0 aromatic heterocycles. The molecule has 2 saturated heterocycles. The highest BCUT2D eigenvalue weighted by molar-refractivity contribution is 7.89. The Kier molecular flexibility index (Phi) is 6.76. The van der Waals surface area contributed by atoms with E-state index in [4.69, 9.17) is 14.2 Å². The molecule has 1 amide bonds. The van der Waals surface area contributed by atoms with Crippen molar-refractivity contribution in [2.75, 3.05) is 46.1 Å². The molecule has 34 heavy (non-hydrogen) atoms. The van der Waals surface area contributed by atoms with Gasteiger partial charge in [-0.2, -0.15) is 4.31 Å². The molecular weight excluding hydrogens is 456 g/mol. The quantitative estimate of drug-likeness (QED) is 0.624. The zero-order valence-corrected chi connectivity index (χ0v) is 20.0. The lowest BCUT2D eigenvalue weighted by molar-refractivity contribution is -0.132. The lowest BCUT2D eigenvalue weighted by atomic mass is 10.0. The van der Waals surface area contributed by atoms with Crippen LogP contribution in [0.2, 0.25) is 0 Å². The molecule has 0 N–H and O–H groups in total. The lowest BCUT2D eigenvalue weighted by Gasteiger charge is -2.27. The van der Waals surface area contributed by atoms with Crippen molar-refractivity contribution in [3.05, 3.63) is 53.6 Å². The number of hydrogen-bond donors (Lipinski definition) is 0. The Morgan fingerprint density at radius 3 is 2.41 bits per heavy atom. The van der Waals surface area contributed by atoms with Gasteiger partial charge >= 0.3 is 0 Å². The van der Waals surface area contributed by atoms with Crippen LogP contribution in [0, 0.1) is 0 Å². The van der Waals surface area contributed by atoms with Crippen molar-refractivity contribution < 1.29 is 27.4 Å². The highest BCUT2D eigenvalue weighted by Crippen LogP contribution is 2.38. The van der Waals surface area contributed by atoms with Gasteiger partial charge in [-0.3, -0.25) is 4.79 Å². The molecule has 0 radical (unpaired) electrons. The fourth-order valence-electron chi connectivity index (χ4n) is 4.84. The third-order valence-corrected chi connectivity index (χ3v) is 8.60. The molecule has 182 valence electrons. The van der Waals surface area contributed by atoms with Crippen molar-refractivity contribution in [1.29, 1.82) is 0 Å². The number of carbonyl (C=O) groups is 1. The van der Waals surface area contributed by atoms with Crippen molar-refractivity contribution in [1.82, 2.24) is 9.21 Å². The number of carbonyl (C=O) groups excluding carboxylic acids is 1. The molecule has 3 aliphatic rings. The molecule has 3 aliphatic heterocycles. The van der Waals surface area contributed by atoms with Gasteiger partial charge in [0.2, 0.25) is 15.9 Å². The third kappa shape index (κ3) is 4.78. The molecule has 1 atom stereocenters. The first-order chi connectivity index (χ1) is 16.5. The number of benzene rings is 2. The number of ether oxygens (including phenoxy) is 3. The standard InChI is InChI=1S/C25H30N2O6S/c28-25(27-11-1-2-22(27)20-6-9-23-24(18-20)33-17-16-32-23)10-5-19-3-7-21(8-4-19)34(29,30)26-12-14-31-15-13-26/h3-4,6-9,18,22H,1-2,5,10-17H2/t22-/m1/s1. The van der Waals surface area contributed by atoms with Gasteiger partial charge in [-0.15, -0.1) is 0 Å². The Morgan fingerprint density at radius 1 is 0.912 bits per heavy atom. The highest BCUT2D eigenvalue weighted by atomic mass is 32.2. The Hall–Kier alpha value is -2.62. The molecular formula is C25H30N2O6S. The number of morpholine rings is 1. The summed E-state index contributed by atoms with van der Waals surface area (Å²) >= 11 is 0. The summed E-state index contributed by atoms with van der Waals surface area (Å²) in [5, 5.41) is 0. The molecule has 0 aliphatic carbocycles. The minimum absolute atomic E-state index is 0.0457. The number of rotatable bonds is 6. The van der Waals surface area contributed by atoms with E-state index in [0.717, 1.165) is 42.0 Å². The normalized spacial score (nSPS) is 20.9. The number of fused-ring (bicyclic) bond motifs is 1. The molecule has 0 unspecified atom stereocenters. The second kappa shape index (κ2) is 9.93. The maximum atomic E-state index is 13.1. The van der Waals surface area contributed by atoms with Crippen LogP contribution in [0.3, 0.4) is 0 Å². The molecule has 5 rings (SSSR count). The van der Waals surface area contributed by atoms with E-state index in [1.165, 1.54) is 4.31 Å². The van der Waals surface area contributed by atoms with Crippen LogP contribution in [0.4, 0.5) is 0 Å². The van der Waals surface area contributed by atoms with Gasteiger partial charge in [0.1, 0.15) is 13.2 Å². The molecule has 0 bridgehead atoms. The molecule has 8 nitrogen and oxygen atoms in total. The van der Waals surface area contributed by atoms with Crippen molar-refractivity contribution in [3.63, 3.8) is 0 Å². The first kappa shape index (κ1) is 23.1. The second-order valence-corrected chi connectivity index (χ2v) is 10.7. The van der Waals surface area contributed by atoms with Gasteiger partial charge in [-0.25, -0.2) is 8.42 Å². The van der Waals surface area contributed by atoms with Crippen LogP contribution in [-0.2, 0) is 26.0 Å². The molecule has 2 aromatic carbocycles. The molecule has 2 fully saturated rings. The number of nitrogens with zero attached hydrogens (tertiary/aromatic N) is 2. The Morgan fingerprint density at radius 2 is 1.65 bits per heavy atom. The molecule has 0 spiro atoms. The van der Waals surface area contributed by atoms with Crippen molar-refractivity contribution in [2.45, 2.75) is 36.6 Å². The number of sulfonamides is 1. The smallest absolute Gasteiger partial charge is 0.243 e. The maximum Gasteiger partial charge on any atom is 0.243 e. The summed E-state index contributed by atoms with van der Waals surface area (Å²) in [5.41, 5.74) is 2.03. The van der Waals surface area contributed by atoms with Crippen LogP contribution in [0.15, 0.2) is 47.4 Å². The molecule has 0 saturated carbocycles. The second-order valence-electron chi connectivity index (χ2n) is 8.81. The van der Waals surface area contributed by atoms with Crippen LogP contribution >= 0.6 is 0 Å². The van der Waals surface area contributed by atoms with Crippen LogP contribution in [0.1, 0.15) is 36.4 Å². The summed E-state index contributed by atoms with van der Waals surface area (Å²) in [4.78, 5) is 15.3. The topological polar surface area (TPSA) is 85.4 Å². The Balaban J connectivity index is 1.21. The molecule has 9 heteroatoms. The Labute approximate surface area is 200 Å². The van der Waals surface area contributed by atoms with E-state index in [0.29, 0.717) is 52.4 Å². The van der Waals surface area contributed by atoms with Crippen LogP contribution in [-0.4, -0.2) is 69.6 Å². The van der Waals surface area contributed by atoms with Gasteiger partial charge in [0.15, 0.2) is 11.5 Å². The van der Waals surface area contributed by atoms with Crippen LogP contribution in [0.25, 0.3) is 0 Å². The van der Waals surface area contributed by atoms with E-state index in [1.54, 1.807) is 12.1 Å². The average Bonchev–Trinajstić information content (AvgIpc) is 3.38. The van der Waals surface area contributed by atoms with E-state index in [1.807, 2.05) is 35.2 Å². The minimum Gasteiger partial charge on any atom is -0.486 e. The predicted molar refractivity (Wildman–Crippen MR) is 125 cm³/mol. The summed E-state index contributed by atoms with van der Waals surface area (Å²) in [6.07, 6.45) is 2.86. The summed E-state index contributed by atoms with van der Waals surface area (Å²) in [6.45, 7) is 3.43. The van der Waals surface area contributed by atoms with Crippen molar-refractivity contribution in [3.8, 4) is 11.5 Å². The monoisotopic (exact) mass is 486 g/mol. The third-order valence-electron chi connectivity index (χ3n) is 6.68. The predicted octanol–water partition coefficient (Wildman–Crippen LogP) is 2.78. The van der Waals surface area contributed by atoms with Crippen molar-refractivity contribution >= 4 is 15.9 Å². The Bertz CT molecular complexity index is 1130. The molecule has 2 aromatic rings. The fourth-order valence-corrected chi connectivity index (χ4v) is 6.25. The number of likely N-dealkylation sites (tertiary alicyclic amines) is 1. The summed E-state index contributed by atoms with van der Waals surface area (Å²) < 4.78 is 43.6. The van der Waals surface area contributed by atoms with Gasteiger partial charge in [0.05, 0.1) is 24.2 Å². The van der Waals surface area contributed by atoms with E-state index in [-0.39, 0.29) is 16.8 Å². The van der Waals surface area contributed by atoms with E-state index in [9.17, 15) is 13.2 Å². The van der Waals surface area contributed by atoms with Crippen LogP contribution < -0.4 is 9.47 Å². The highest BCUT2D eigenvalue weighted by Gasteiger charge is 2.31. The van der Waals surface area contributed by atoms with Gasteiger partial charge in [-0.05, 0) is 54.7 Å². The maximum absolute atomic E-state index is 13.1. The van der Waals surface area contributed by atoms with Gasteiger partial charge < -0.3 is 19.1 Å². The zero-order chi connectivity index (χ0) is 23.5. The summed E-state index contributed by atoms with van der Waals surface area (Å²) in [7, 11) is -3.51. The molecule has 3 heterocycles. The van der Waals surface area contributed by atoms with E-state index < -0.39 is 10.0 Å². The van der Waals surface area contributed by atoms with E-state index in [2.05, 4.69) is 0 Å². The largest absolute Gasteiger partial charge is 0.486 e. The van der Waals surface area contributed by atoms with Gasteiger partial charge in [0, 0.05) is 26.1 Å². The zero-order valence-electron chi connectivity index (χ0n) is 19.1. The first-order valence-electron chi connectivity index (χ1n) is 11.9. The summed E-state index contributed by atoms with van der Waals surface area (Å²) in [5.74, 6) is 1.61. The van der Waals surface area contributed by atoms with Gasteiger partial charge in [-0.1, -0.05) is 18.2 Å². The number of amides is 1. The fraction of sp³-hybridized carbons (Fsp3) is 0.480.